The molecule has 7 nitrogen and oxygen atoms in total. The van der Waals surface area contributed by atoms with Crippen LogP contribution in [0, 0.1) is 5.82 Å². The summed E-state index contributed by atoms with van der Waals surface area (Å²) < 4.78 is 19.2. The minimum absolute atomic E-state index is 0.143. The molecule has 0 fully saturated rings. The third-order valence-electron chi connectivity index (χ3n) is 6.10. The van der Waals surface area contributed by atoms with Crippen molar-refractivity contribution in [3.05, 3.63) is 108 Å². The Morgan fingerprint density at radius 3 is 2.44 bits per heavy atom. The first-order chi connectivity index (χ1) is 17.4. The fourth-order valence-corrected chi connectivity index (χ4v) is 4.10. The Morgan fingerprint density at radius 1 is 1.00 bits per heavy atom. The lowest BCUT2D eigenvalue weighted by Crippen LogP contribution is -2.59. The highest BCUT2D eigenvalue weighted by molar-refractivity contribution is 5.91. The van der Waals surface area contributed by atoms with Crippen molar-refractivity contribution in [1.82, 2.24) is 15.6 Å². The van der Waals surface area contributed by atoms with Gasteiger partial charge in [-0.2, -0.15) is 0 Å². The van der Waals surface area contributed by atoms with Crippen LogP contribution in [0.15, 0.2) is 85.1 Å². The molecule has 0 bridgehead atoms. The van der Waals surface area contributed by atoms with E-state index in [1.54, 1.807) is 37.4 Å². The van der Waals surface area contributed by atoms with E-state index < -0.39 is 29.4 Å². The molecular weight excluding hydrogens is 461 g/mol. The number of rotatable bonds is 9. The number of ether oxygens (including phenoxy) is 1. The topological polar surface area (TPSA) is 103 Å². The smallest absolute Gasteiger partial charge is 0.408 e. The summed E-state index contributed by atoms with van der Waals surface area (Å²) in [5.74, 6) is -0.989. The molecule has 0 aliphatic carbocycles. The number of aromatic amines is 1. The quantitative estimate of drug-likeness (QED) is 0.280. The SMILES string of the molecule is C[C@](Cc1c[nH]c2ccccc12)(NC(=O)OCc1ccccc1F)C(=O)N[C@@H](CO)c1ccccc1. The number of benzene rings is 3. The van der Waals surface area contributed by atoms with E-state index in [0.29, 0.717) is 0 Å². The average molecular weight is 490 g/mol. The number of H-pyrrole nitrogens is 1. The number of amides is 2. The lowest BCUT2D eigenvalue weighted by atomic mass is 9.91. The molecule has 186 valence electrons. The zero-order valence-corrected chi connectivity index (χ0v) is 19.8. The van der Waals surface area contributed by atoms with E-state index in [0.717, 1.165) is 22.0 Å². The molecule has 4 rings (SSSR count). The number of fused-ring (bicyclic) bond motifs is 1. The molecular formula is C28H28FN3O4. The highest BCUT2D eigenvalue weighted by Crippen LogP contribution is 2.24. The first-order valence-electron chi connectivity index (χ1n) is 11.6. The molecule has 0 saturated carbocycles. The van der Waals surface area contributed by atoms with Gasteiger partial charge in [-0.1, -0.05) is 66.7 Å². The van der Waals surface area contributed by atoms with E-state index in [2.05, 4.69) is 15.6 Å². The number of para-hydroxylation sites is 1. The van der Waals surface area contributed by atoms with Crippen molar-refractivity contribution in [2.45, 2.75) is 31.5 Å². The minimum atomic E-state index is -1.44. The van der Waals surface area contributed by atoms with Crippen molar-refractivity contribution in [1.29, 1.82) is 0 Å². The molecule has 2 atom stereocenters. The van der Waals surface area contributed by atoms with Crippen LogP contribution in [0.4, 0.5) is 9.18 Å². The van der Waals surface area contributed by atoms with Gasteiger partial charge in [-0.25, -0.2) is 9.18 Å². The monoisotopic (exact) mass is 489 g/mol. The summed E-state index contributed by atoms with van der Waals surface area (Å²) in [6, 6.07) is 22.0. The van der Waals surface area contributed by atoms with E-state index in [1.807, 2.05) is 42.5 Å². The fourth-order valence-electron chi connectivity index (χ4n) is 4.10. The van der Waals surface area contributed by atoms with Crippen molar-refractivity contribution in [2.24, 2.45) is 0 Å². The zero-order chi connectivity index (χ0) is 25.5. The lowest BCUT2D eigenvalue weighted by Gasteiger charge is -2.31. The highest BCUT2D eigenvalue weighted by atomic mass is 19.1. The summed E-state index contributed by atoms with van der Waals surface area (Å²) in [6.45, 7) is 0.983. The van der Waals surface area contributed by atoms with E-state index in [9.17, 15) is 19.1 Å². The first kappa shape index (κ1) is 24.9. The largest absolute Gasteiger partial charge is 0.445 e. The van der Waals surface area contributed by atoms with E-state index in [-0.39, 0.29) is 25.2 Å². The number of halogens is 1. The van der Waals surface area contributed by atoms with Gasteiger partial charge in [-0.3, -0.25) is 4.79 Å². The summed E-state index contributed by atoms with van der Waals surface area (Å²) in [6.07, 6.45) is 1.07. The second-order valence-electron chi connectivity index (χ2n) is 8.78. The van der Waals surface area contributed by atoms with Crippen LogP contribution in [0.2, 0.25) is 0 Å². The van der Waals surface area contributed by atoms with Gasteiger partial charge < -0.3 is 25.5 Å². The molecule has 0 unspecified atom stereocenters. The van der Waals surface area contributed by atoms with Crippen LogP contribution < -0.4 is 10.6 Å². The van der Waals surface area contributed by atoms with Crippen molar-refractivity contribution in [2.75, 3.05) is 6.61 Å². The Hall–Kier alpha value is -4.17. The predicted molar refractivity (Wildman–Crippen MR) is 135 cm³/mol. The Bertz CT molecular complexity index is 1340. The maximum absolute atomic E-state index is 13.9. The Morgan fingerprint density at radius 2 is 1.69 bits per heavy atom. The molecule has 4 aromatic rings. The number of aliphatic hydroxyl groups is 1. The molecule has 1 heterocycles. The molecule has 0 spiro atoms. The number of carbonyl (C=O) groups is 2. The van der Waals surface area contributed by atoms with Gasteiger partial charge in [-0.05, 0) is 30.2 Å². The summed E-state index contributed by atoms with van der Waals surface area (Å²) in [4.78, 5) is 29.5. The van der Waals surface area contributed by atoms with E-state index >= 15 is 0 Å². The van der Waals surface area contributed by atoms with E-state index in [1.165, 1.54) is 12.1 Å². The first-order valence-corrected chi connectivity index (χ1v) is 11.6. The maximum Gasteiger partial charge on any atom is 0.408 e. The standard InChI is InChI=1S/C28H28FN3O4/c1-28(15-21-16-30-24-14-8-6-12-22(21)24,26(34)31-25(17-33)19-9-3-2-4-10-19)32-27(35)36-18-20-11-5-7-13-23(20)29/h2-14,16,25,30,33H,15,17-18H2,1H3,(H,31,34)(H,32,35)/t25-,28+/m0/s1. The summed E-state index contributed by atoms with van der Waals surface area (Å²) in [5, 5.41) is 16.4. The normalized spacial score (nSPS) is 13.5. The Kier molecular flexibility index (Phi) is 7.65. The lowest BCUT2D eigenvalue weighted by molar-refractivity contribution is -0.128. The summed E-state index contributed by atoms with van der Waals surface area (Å²) in [7, 11) is 0. The Balaban J connectivity index is 1.56. The molecule has 1 aromatic heterocycles. The van der Waals surface area contributed by atoms with Gasteiger partial charge in [-0.15, -0.1) is 0 Å². The number of aromatic nitrogens is 1. The van der Waals surface area contributed by atoms with Crippen LogP contribution in [0.3, 0.4) is 0 Å². The Labute approximate surface area is 208 Å². The van der Waals surface area contributed by atoms with E-state index in [4.69, 9.17) is 4.74 Å². The van der Waals surface area contributed by atoms with Gasteiger partial charge in [0.1, 0.15) is 18.0 Å². The molecule has 2 amide bonds. The fraction of sp³-hybridized carbons (Fsp3) is 0.214. The summed E-state index contributed by atoms with van der Waals surface area (Å²) in [5.41, 5.74) is 1.22. The number of hydrogen-bond acceptors (Lipinski definition) is 4. The number of carbonyl (C=O) groups excluding carboxylic acids is 2. The van der Waals surface area contributed by atoms with Gasteiger partial charge in [0.25, 0.3) is 0 Å². The number of alkyl carbamates (subject to hydrolysis) is 1. The minimum Gasteiger partial charge on any atom is -0.445 e. The van der Waals surface area contributed by atoms with Crippen LogP contribution in [-0.4, -0.2) is 34.2 Å². The molecule has 3 aromatic carbocycles. The van der Waals surface area contributed by atoms with Crippen LogP contribution in [0.1, 0.15) is 29.7 Å². The molecule has 0 radical (unpaired) electrons. The van der Waals surface area contributed by atoms with Crippen LogP contribution >= 0.6 is 0 Å². The van der Waals surface area contributed by atoms with Crippen LogP contribution in [0.5, 0.6) is 0 Å². The van der Waals surface area contributed by atoms with Crippen molar-refractivity contribution >= 4 is 22.9 Å². The molecule has 0 aliphatic heterocycles. The van der Waals surface area contributed by atoms with Gasteiger partial charge >= 0.3 is 6.09 Å². The van der Waals surface area contributed by atoms with Crippen molar-refractivity contribution < 1.29 is 23.8 Å². The average Bonchev–Trinajstić information content (AvgIpc) is 3.29. The van der Waals surface area contributed by atoms with Crippen molar-refractivity contribution in [3.63, 3.8) is 0 Å². The molecule has 0 aliphatic rings. The van der Waals surface area contributed by atoms with Gasteiger partial charge in [0.05, 0.1) is 12.6 Å². The highest BCUT2D eigenvalue weighted by Gasteiger charge is 2.37. The van der Waals surface area contributed by atoms with Gasteiger partial charge in [0.15, 0.2) is 0 Å². The van der Waals surface area contributed by atoms with Gasteiger partial charge in [0, 0.05) is 29.1 Å². The maximum atomic E-state index is 13.9. The van der Waals surface area contributed by atoms with Crippen LogP contribution in [0.25, 0.3) is 10.9 Å². The molecule has 4 N–H and O–H groups in total. The molecule has 8 heteroatoms. The molecule has 36 heavy (non-hydrogen) atoms. The summed E-state index contributed by atoms with van der Waals surface area (Å²) >= 11 is 0. The number of hydrogen-bond donors (Lipinski definition) is 4. The number of nitrogens with one attached hydrogen (secondary N) is 3. The number of aliphatic hydroxyl groups excluding tert-OH is 1. The van der Waals surface area contributed by atoms with Crippen LogP contribution in [-0.2, 0) is 22.6 Å². The zero-order valence-electron chi connectivity index (χ0n) is 19.8. The third-order valence-corrected chi connectivity index (χ3v) is 6.10. The second kappa shape index (κ2) is 11.0. The third kappa shape index (κ3) is 5.72. The predicted octanol–water partition coefficient (Wildman–Crippen LogP) is 4.38. The van der Waals surface area contributed by atoms with Gasteiger partial charge in [0.2, 0.25) is 5.91 Å². The second-order valence-corrected chi connectivity index (χ2v) is 8.78. The molecule has 0 saturated heterocycles. The van der Waals surface area contributed by atoms with Crippen molar-refractivity contribution in [3.8, 4) is 0 Å².